The van der Waals surface area contributed by atoms with Crippen LogP contribution in [0, 0.1) is 0 Å². The molecule has 6 nitrogen and oxygen atoms in total. The number of ether oxygens (including phenoxy) is 2. The maximum atomic E-state index is 10.6. The van der Waals surface area contributed by atoms with Crippen LogP contribution in [0.4, 0.5) is 0 Å². The minimum Gasteiger partial charge on any atom is -0.378 e. The molecule has 0 aromatic rings. The zero-order valence-electron chi connectivity index (χ0n) is 20.8. The largest absolute Gasteiger partial charge is 0.378 e. The normalized spacial score (nSPS) is 31.8. The minimum atomic E-state index is -0.283. The van der Waals surface area contributed by atoms with Crippen molar-refractivity contribution >= 4 is 0 Å². The van der Waals surface area contributed by atoms with Gasteiger partial charge in [-0.2, -0.15) is 10.1 Å². The molecular weight excluding hydrogens is 380 g/mol. The van der Waals surface area contributed by atoms with Crippen LogP contribution in [-0.4, -0.2) is 68.1 Å². The van der Waals surface area contributed by atoms with Crippen molar-refractivity contribution < 1.29 is 19.9 Å². The lowest BCUT2D eigenvalue weighted by atomic mass is 9.95. The van der Waals surface area contributed by atoms with E-state index in [1.54, 1.807) is 0 Å². The van der Waals surface area contributed by atoms with Crippen molar-refractivity contribution in [3.05, 3.63) is 0 Å². The monoisotopic (exact) mass is 428 g/mol. The number of nitrogens with zero attached hydrogens (tertiary/aromatic N) is 2. The lowest BCUT2D eigenvalue weighted by molar-refractivity contribution is -0.223. The molecule has 2 N–H and O–H groups in total. The molecule has 0 bridgehead atoms. The van der Waals surface area contributed by atoms with E-state index in [0.717, 1.165) is 64.6 Å². The van der Waals surface area contributed by atoms with Crippen LogP contribution in [0.2, 0.25) is 0 Å². The molecule has 0 aromatic heterocycles. The molecule has 178 valence electrons. The third-order valence-electron chi connectivity index (χ3n) is 7.15. The Bertz CT molecular complexity index is 499. The molecule has 0 amide bonds. The van der Waals surface area contributed by atoms with E-state index in [0.29, 0.717) is 0 Å². The highest BCUT2D eigenvalue weighted by molar-refractivity contribution is 4.94. The third kappa shape index (κ3) is 6.63. The van der Waals surface area contributed by atoms with Crippen LogP contribution in [-0.2, 0) is 9.47 Å². The Labute approximate surface area is 184 Å². The summed E-state index contributed by atoms with van der Waals surface area (Å²) in [7, 11) is 0. The van der Waals surface area contributed by atoms with Crippen molar-refractivity contribution in [1.29, 1.82) is 0 Å². The Morgan fingerprint density at radius 3 is 1.30 bits per heavy atom. The van der Waals surface area contributed by atoms with Gasteiger partial charge in [-0.25, -0.2) is 0 Å². The van der Waals surface area contributed by atoms with Gasteiger partial charge in [-0.3, -0.25) is 0 Å². The average Bonchev–Trinajstić information content (AvgIpc) is 2.76. The van der Waals surface area contributed by atoms with Gasteiger partial charge in [0, 0.05) is 35.4 Å². The van der Waals surface area contributed by atoms with Gasteiger partial charge in [0.15, 0.2) is 0 Å². The van der Waals surface area contributed by atoms with E-state index in [-0.39, 0.29) is 34.4 Å². The van der Waals surface area contributed by atoms with Crippen LogP contribution in [0.1, 0.15) is 107 Å². The first-order chi connectivity index (χ1) is 13.7. The van der Waals surface area contributed by atoms with Crippen LogP contribution in [0.25, 0.3) is 0 Å². The molecule has 2 rings (SSSR count). The first-order valence-corrected chi connectivity index (χ1v) is 11.9. The van der Waals surface area contributed by atoms with Gasteiger partial charge in [-0.05, 0) is 107 Å². The SMILES string of the molecule is CC1(C)CCC(OCCCCOC2CCC(C)(C)N(O)C(C)(C)C2)CC(C)(C)N1O. The fraction of sp³-hybridized carbons (Fsp3) is 1.00. The van der Waals surface area contributed by atoms with Crippen LogP contribution >= 0.6 is 0 Å². The fourth-order valence-corrected chi connectivity index (χ4v) is 5.36. The molecule has 0 spiro atoms. The number of rotatable bonds is 7. The van der Waals surface area contributed by atoms with Crippen molar-refractivity contribution in [2.75, 3.05) is 13.2 Å². The summed E-state index contributed by atoms with van der Waals surface area (Å²) in [5, 5.41) is 24.2. The second-order valence-corrected chi connectivity index (χ2v) is 12.1. The highest BCUT2D eigenvalue weighted by atomic mass is 16.5. The van der Waals surface area contributed by atoms with Gasteiger partial charge >= 0.3 is 0 Å². The van der Waals surface area contributed by atoms with Crippen molar-refractivity contribution in [3.63, 3.8) is 0 Å². The van der Waals surface area contributed by atoms with E-state index in [4.69, 9.17) is 9.47 Å². The summed E-state index contributed by atoms with van der Waals surface area (Å²) in [6.07, 6.45) is 7.85. The minimum absolute atomic E-state index is 0.192. The molecule has 2 aliphatic rings. The highest BCUT2D eigenvalue weighted by Gasteiger charge is 2.43. The topological polar surface area (TPSA) is 65.4 Å². The lowest BCUT2D eigenvalue weighted by Gasteiger charge is -2.42. The average molecular weight is 429 g/mol. The van der Waals surface area contributed by atoms with Gasteiger partial charge in [0.1, 0.15) is 0 Å². The molecule has 30 heavy (non-hydrogen) atoms. The molecule has 2 atom stereocenters. The van der Waals surface area contributed by atoms with E-state index >= 15 is 0 Å². The van der Waals surface area contributed by atoms with E-state index in [2.05, 4.69) is 55.4 Å². The van der Waals surface area contributed by atoms with Crippen molar-refractivity contribution in [3.8, 4) is 0 Å². The molecule has 2 saturated heterocycles. The van der Waals surface area contributed by atoms with Crippen LogP contribution < -0.4 is 0 Å². The quantitative estimate of drug-likeness (QED) is 0.529. The molecule has 2 aliphatic heterocycles. The van der Waals surface area contributed by atoms with Gasteiger partial charge in [0.25, 0.3) is 0 Å². The summed E-state index contributed by atoms with van der Waals surface area (Å²) in [6.45, 7) is 18.2. The molecular formula is C24H48N2O4. The molecule has 0 radical (unpaired) electrons. The van der Waals surface area contributed by atoms with Crippen LogP contribution in [0.5, 0.6) is 0 Å². The molecule has 0 aliphatic carbocycles. The molecule has 2 fully saturated rings. The predicted octanol–water partition coefficient (Wildman–Crippen LogP) is 5.40. The summed E-state index contributed by atoms with van der Waals surface area (Å²) in [5.74, 6) is 0. The third-order valence-corrected chi connectivity index (χ3v) is 7.15. The number of unbranched alkanes of at least 4 members (excludes halogenated alkanes) is 1. The van der Waals surface area contributed by atoms with Gasteiger partial charge in [-0.15, -0.1) is 0 Å². The summed E-state index contributed by atoms with van der Waals surface area (Å²) >= 11 is 0. The van der Waals surface area contributed by atoms with Gasteiger partial charge < -0.3 is 19.9 Å². The molecule has 6 heteroatoms. The maximum absolute atomic E-state index is 10.6. The summed E-state index contributed by atoms with van der Waals surface area (Å²) in [5.41, 5.74) is -1.01. The second kappa shape index (κ2) is 9.72. The Kier molecular flexibility index (Phi) is 8.43. The summed E-state index contributed by atoms with van der Waals surface area (Å²) in [6, 6.07) is 0. The van der Waals surface area contributed by atoms with Crippen molar-refractivity contribution in [2.45, 2.75) is 141 Å². The first kappa shape index (κ1) is 26.0. The molecule has 0 saturated carbocycles. The smallest absolute Gasteiger partial charge is 0.0594 e. The molecule has 2 heterocycles. The van der Waals surface area contributed by atoms with Crippen molar-refractivity contribution in [1.82, 2.24) is 10.1 Å². The van der Waals surface area contributed by atoms with Gasteiger partial charge in [-0.1, -0.05) is 0 Å². The Morgan fingerprint density at radius 2 is 0.967 bits per heavy atom. The van der Waals surface area contributed by atoms with E-state index in [1.165, 1.54) is 10.1 Å². The second-order valence-electron chi connectivity index (χ2n) is 12.1. The van der Waals surface area contributed by atoms with Crippen LogP contribution in [0.15, 0.2) is 0 Å². The van der Waals surface area contributed by atoms with Gasteiger partial charge in [0.2, 0.25) is 0 Å². The zero-order valence-corrected chi connectivity index (χ0v) is 20.8. The number of hydrogen-bond acceptors (Lipinski definition) is 6. The zero-order chi connectivity index (χ0) is 22.8. The summed E-state index contributed by atoms with van der Waals surface area (Å²) < 4.78 is 12.4. The number of hydrogen-bond donors (Lipinski definition) is 2. The van der Waals surface area contributed by atoms with Gasteiger partial charge in [0.05, 0.1) is 12.2 Å². The van der Waals surface area contributed by atoms with Crippen molar-refractivity contribution in [2.24, 2.45) is 0 Å². The maximum Gasteiger partial charge on any atom is 0.0594 e. The van der Waals surface area contributed by atoms with E-state index in [1.807, 2.05) is 0 Å². The Morgan fingerprint density at radius 1 is 0.633 bits per heavy atom. The molecule has 0 aromatic carbocycles. The standard InChI is InChI=1S/C24H48N2O4/c1-21(2)13-11-19(17-23(5,6)25(21)27)29-15-9-10-16-30-20-12-14-22(3,4)26(28)24(7,8)18-20/h19-20,27-28H,9-18H2,1-8H3. The van der Waals surface area contributed by atoms with E-state index in [9.17, 15) is 10.4 Å². The fourth-order valence-electron chi connectivity index (χ4n) is 5.36. The summed E-state index contributed by atoms with van der Waals surface area (Å²) in [4.78, 5) is 0. The Hall–Kier alpha value is -0.240. The van der Waals surface area contributed by atoms with E-state index < -0.39 is 0 Å². The first-order valence-electron chi connectivity index (χ1n) is 11.9. The lowest BCUT2D eigenvalue weighted by Crippen LogP contribution is -2.52. The molecule has 2 unspecified atom stereocenters. The van der Waals surface area contributed by atoms with Crippen LogP contribution in [0.3, 0.4) is 0 Å². The predicted molar refractivity (Wildman–Crippen MR) is 120 cm³/mol. The Balaban J connectivity index is 1.70. The number of hydroxylamine groups is 4. The highest BCUT2D eigenvalue weighted by Crippen LogP contribution is 2.37.